The van der Waals surface area contributed by atoms with E-state index in [9.17, 15) is 0 Å². The van der Waals surface area contributed by atoms with Gasteiger partial charge in [0, 0.05) is 20.4 Å². The highest BCUT2D eigenvalue weighted by Crippen LogP contribution is 2.17. The molecule has 4 heteroatoms. The molecule has 1 nitrogen and oxygen atoms in total. The van der Waals surface area contributed by atoms with Crippen molar-refractivity contribution in [1.29, 1.82) is 0 Å². The summed E-state index contributed by atoms with van der Waals surface area (Å²) in [5, 5.41) is 2.63. The molecule has 0 unspecified atom stereocenters. The van der Waals surface area contributed by atoms with Crippen LogP contribution in [0.3, 0.4) is 0 Å². The van der Waals surface area contributed by atoms with Gasteiger partial charge in [0.15, 0.2) is 0 Å². The molecule has 1 aliphatic rings. The van der Waals surface area contributed by atoms with E-state index in [4.69, 9.17) is 11.6 Å². The Bertz CT molecular complexity index is 520. The van der Waals surface area contributed by atoms with Crippen LogP contribution in [0.2, 0.25) is 5.02 Å². The predicted molar refractivity (Wildman–Crippen MR) is 66.8 cm³/mol. The van der Waals surface area contributed by atoms with E-state index < -0.39 is 0 Å². The van der Waals surface area contributed by atoms with Gasteiger partial charge in [-0.3, -0.25) is 4.98 Å². The van der Waals surface area contributed by atoms with Crippen molar-refractivity contribution < 1.29 is 0 Å². The van der Waals surface area contributed by atoms with Gasteiger partial charge in [-0.2, -0.15) is 0 Å². The summed E-state index contributed by atoms with van der Waals surface area (Å²) < 4.78 is 1.95. The minimum atomic E-state index is 0.635. The molecule has 1 aliphatic carbocycles. The Hall–Kier alpha value is -0.120. The van der Waals surface area contributed by atoms with Gasteiger partial charge in [0.25, 0.3) is 0 Å². The summed E-state index contributed by atoms with van der Waals surface area (Å²) in [4.78, 5) is 4.27. The third-order valence-corrected chi connectivity index (χ3v) is 3.87. The van der Waals surface area contributed by atoms with Gasteiger partial charge in [0.1, 0.15) is 0 Å². The van der Waals surface area contributed by atoms with E-state index in [2.05, 4.69) is 49.0 Å². The number of pyridine rings is 1. The molecule has 1 aromatic rings. The molecule has 14 heavy (non-hydrogen) atoms. The molecule has 1 heterocycles. The lowest BCUT2D eigenvalue weighted by atomic mass is 10.3. The fourth-order valence-corrected chi connectivity index (χ4v) is 2.26. The summed E-state index contributed by atoms with van der Waals surface area (Å²) in [5.41, 5.74) is 0. The van der Waals surface area contributed by atoms with E-state index in [1.165, 1.54) is 0 Å². The number of allylic oxidation sites excluding steroid dienone is 2. The Labute approximate surface area is 103 Å². The number of hydrogen-bond acceptors (Lipinski definition) is 1. The SMILES string of the molecule is Clc1cnc2c(c1Br)=CC(Br)=CCC=2. The molecule has 0 aromatic carbocycles. The van der Waals surface area contributed by atoms with Gasteiger partial charge in [-0.15, -0.1) is 0 Å². The standard InChI is InChI=1S/C10H6Br2ClN/c11-6-2-1-3-9-7(4-6)10(12)8(13)5-14-9/h2-5H,1H2. The molecule has 0 saturated heterocycles. The molecule has 0 bridgehead atoms. The van der Waals surface area contributed by atoms with Crippen LogP contribution in [0.4, 0.5) is 0 Å². The van der Waals surface area contributed by atoms with Crippen LogP contribution in [0, 0.1) is 0 Å². The fourth-order valence-electron chi connectivity index (χ4n) is 1.27. The van der Waals surface area contributed by atoms with E-state index in [1.807, 2.05) is 6.08 Å². The van der Waals surface area contributed by atoms with E-state index in [-0.39, 0.29) is 0 Å². The van der Waals surface area contributed by atoms with E-state index in [0.29, 0.717) is 5.02 Å². The normalized spacial score (nSPS) is 14.6. The second-order valence-corrected chi connectivity index (χ2v) is 5.01. The average molecular weight is 335 g/mol. The van der Waals surface area contributed by atoms with E-state index >= 15 is 0 Å². The van der Waals surface area contributed by atoms with E-state index in [0.717, 1.165) is 25.9 Å². The number of hydrogen-bond donors (Lipinski definition) is 0. The molecular weight excluding hydrogens is 329 g/mol. The van der Waals surface area contributed by atoms with Gasteiger partial charge in [-0.1, -0.05) is 39.7 Å². The first-order valence-electron chi connectivity index (χ1n) is 4.06. The van der Waals surface area contributed by atoms with Crippen molar-refractivity contribution in [1.82, 2.24) is 4.98 Å². The molecule has 0 radical (unpaired) electrons. The molecule has 2 rings (SSSR count). The van der Waals surface area contributed by atoms with Crippen molar-refractivity contribution in [2.45, 2.75) is 6.42 Å². The maximum Gasteiger partial charge on any atom is 0.0737 e. The van der Waals surface area contributed by atoms with Gasteiger partial charge in [0.2, 0.25) is 0 Å². The highest BCUT2D eigenvalue weighted by atomic mass is 79.9. The topological polar surface area (TPSA) is 12.9 Å². The van der Waals surface area contributed by atoms with Crippen molar-refractivity contribution in [3.8, 4) is 0 Å². The Morgan fingerprint density at radius 1 is 1.29 bits per heavy atom. The number of aromatic nitrogens is 1. The highest BCUT2D eigenvalue weighted by molar-refractivity contribution is 9.12. The summed E-state index contributed by atoms with van der Waals surface area (Å²) >= 11 is 12.9. The number of rotatable bonds is 0. The van der Waals surface area contributed by atoms with Crippen LogP contribution in [0.25, 0.3) is 12.2 Å². The molecule has 0 fully saturated rings. The summed E-state index contributed by atoms with van der Waals surface area (Å²) in [5.74, 6) is 0. The van der Waals surface area contributed by atoms with Gasteiger partial charge >= 0.3 is 0 Å². The van der Waals surface area contributed by atoms with Crippen LogP contribution >= 0.6 is 43.5 Å². The third-order valence-electron chi connectivity index (χ3n) is 1.95. The van der Waals surface area contributed by atoms with Crippen LogP contribution in [0.15, 0.2) is 21.2 Å². The minimum absolute atomic E-state index is 0.635. The Balaban J connectivity index is 2.87. The van der Waals surface area contributed by atoms with Gasteiger partial charge in [-0.25, -0.2) is 0 Å². The summed E-state index contributed by atoms with van der Waals surface area (Å²) in [7, 11) is 0. The first-order valence-corrected chi connectivity index (χ1v) is 6.02. The zero-order chi connectivity index (χ0) is 10.1. The lowest BCUT2D eigenvalue weighted by molar-refractivity contribution is 1.20. The van der Waals surface area contributed by atoms with Gasteiger partial charge < -0.3 is 0 Å². The quantitative estimate of drug-likeness (QED) is 0.710. The molecule has 0 amide bonds. The Kier molecular flexibility index (Phi) is 3.10. The van der Waals surface area contributed by atoms with Crippen molar-refractivity contribution in [3.63, 3.8) is 0 Å². The largest absolute Gasteiger partial charge is 0.255 e. The average Bonchev–Trinajstić information content (AvgIpc) is 2.34. The van der Waals surface area contributed by atoms with Crippen LogP contribution < -0.4 is 10.6 Å². The molecular formula is C10H6Br2ClN. The smallest absolute Gasteiger partial charge is 0.0737 e. The monoisotopic (exact) mass is 333 g/mol. The predicted octanol–water partition coefficient (Wildman–Crippen LogP) is 2.74. The molecule has 0 saturated carbocycles. The summed E-state index contributed by atoms with van der Waals surface area (Å²) in [6.07, 6.45) is 8.71. The molecule has 0 N–H and O–H groups in total. The molecule has 0 atom stereocenters. The van der Waals surface area contributed by atoms with Crippen LogP contribution in [-0.2, 0) is 0 Å². The fraction of sp³-hybridized carbons (Fsp3) is 0.100. The Morgan fingerprint density at radius 2 is 2.07 bits per heavy atom. The van der Waals surface area contributed by atoms with Crippen LogP contribution in [-0.4, -0.2) is 4.98 Å². The third kappa shape index (κ3) is 1.95. The molecule has 0 spiro atoms. The maximum atomic E-state index is 5.97. The zero-order valence-electron chi connectivity index (χ0n) is 7.10. The molecule has 1 aromatic heterocycles. The number of nitrogens with zero attached hydrogens (tertiary/aromatic N) is 1. The minimum Gasteiger partial charge on any atom is -0.255 e. The van der Waals surface area contributed by atoms with Gasteiger partial charge in [-0.05, 0) is 28.4 Å². The van der Waals surface area contributed by atoms with Crippen molar-refractivity contribution >= 4 is 55.6 Å². The molecule has 0 aliphatic heterocycles. The first-order chi connectivity index (χ1) is 6.68. The lowest BCUT2D eigenvalue weighted by Gasteiger charge is -1.96. The lowest BCUT2D eigenvalue weighted by Crippen LogP contribution is -2.28. The Morgan fingerprint density at radius 3 is 2.86 bits per heavy atom. The van der Waals surface area contributed by atoms with Crippen molar-refractivity contribution in [2.24, 2.45) is 0 Å². The second-order valence-electron chi connectivity index (χ2n) is 2.89. The van der Waals surface area contributed by atoms with E-state index in [1.54, 1.807) is 6.20 Å². The summed E-state index contributed by atoms with van der Waals surface area (Å²) in [6, 6.07) is 0. The van der Waals surface area contributed by atoms with Crippen LogP contribution in [0.5, 0.6) is 0 Å². The van der Waals surface area contributed by atoms with Crippen LogP contribution in [0.1, 0.15) is 6.42 Å². The number of halogens is 3. The summed E-state index contributed by atoms with van der Waals surface area (Å²) in [6.45, 7) is 0. The first kappa shape index (κ1) is 10.4. The van der Waals surface area contributed by atoms with Crippen molar-refractivity contribution in [3.05, 3.63) is 36.8 Å². The zero-order valence-corrected chi connectivity index (χ0v) is 11.0. The highest BCUT2D eigenvalue weighted by Gasteiger charge is 2.02. The molecule has 72 valence electrons. The second kappa shape index (κ2) is 4.17. The maximum absolute atomic E-state index is 5.97. The number of fused-ring (bicyclic) bond motifs is 1. The van der Waals surface area contributed by atoms with Crippen molar-refractivity contribution in [2.75, 3.05) is 0 Å². The van der Waals surface area contributed by atoms with Gasteiger partial charge in [0.05, 0.1) is 10.4 Å².